The lowest BCUT2D eigenvalue weighted by Crippen LogP contribution is -2.33. The highest BCUT2D eigenvalue weighted by atomic mass is 79.9. The summed E-state index contributed by atoms with van der Waals surface area (Å²) in [7, 11) is 0. The first-order valence-electron chi connectivity index (χ1n) is 5.15. The van der Waals surface area contributed by atoms with Crippen LogP contribution in [0.15, 0.2) is 22.7 Å². The molecule has 90 valence electrons. The van der Waals surface area contributed by atoms with E-state index in [1.54, 1.807) is 32.0 Å². The average molecular weight is 317 g/mol. The molecule has 1 heterocycles. The van der Waals surface area contributed by atoms with Crippen molar-refractivity contribution in [3.8, 4) is 0 Å². The first-order chi connectivity index (χ1) is 7.83. The van der Waals surface area contributed by atoms with Gasteiger partial charge < -0.3 is 0 Å². The number of benzene rings is 1. The summed E-state index contributed by atoms with van der Waals surface area (Å²) in [6.45, 7) is 3.55. The zero-order valence-electron chi connectivity index (χ0n) is 9.46. The van der Waals surface area contributed by atoms with Crippen molar-refractivity contribution >= 4 is 45.0 Å². The summed E-state index contributed by atoms with van der Waals surface area (Å²) in [6.07, 6.45) is 0.237. The molecular formula is C12H11BrClNO2. The number of carbonyl (C=O) groups excluding carboxylic acids is 2. The van der Waals surface area contributed by atoms with Gasteiger partial charge in [-0.15, -0.1) is 0 Å². The normalized spacial score (nSPS) is 18.9. The molecule has 1 aliphatic rings. The lowest BCUT2D eigenvalue weighted by atomic mass is 9.92. The molecule has 1 aromatic carbocycles. The van der Waals surface area contributed by atoms with E-state index in [4.69, 9.17) is 11.6 Å². The molecule has 0 bridgehead atoms. The van der Waals surface area contributed by atoms with Crippen LogP contribution < -0.4 is 4.90 Å². The Morgan fingerprint density at radius 1 is 1.35 bits per heavy atom. The quantitative estimate of drug-likeness (QED) is 0.745. The Balaban J connectivity index is 2.48. The van der Waals surface area contributed by atoms with Crippen LogP contribution in [0.25, 0.3) is 0 Å². The third-order valence-electron chi connectivity index (χ3n) is 2.78. The highest BCUT2D eigenvalue weighted by molar-refractivity contribution is 9.10. The predicted octanol–water partition coefficient (Wildman–Crippen LogP) is 3.39. The summed E-state index contributed by atoms with van der Waals surface area (Å²) in [5.74, 6) is -0.353. The number of halogens is 2. The Bertz CT molecular complexity index is 513. The standard InChI is InChI=1S/C12H11BrClNO2/c1-12(2)6-10(16)15(11(12)17)9-4-3-7(14)5-8(9)13/h3-5H,6H2,1-2H3. The van der Waals surface area contributed by atoms with E-state index in [1.807, 2.05) is 0 Å². The minimum atomic E-state index is -0.629. The number of rotatable bonds is 1. The first kappa shape index (κ1) is 12.6. The van der Waals surface area contributed by atoms with Crippen LogP contribution in [0.1, 0.15) is 20.3 Å². The third-order valence-corrected chi connectivity index (χ3v) is 3.65. The Morgan fingerprint density at radius 2 is 2.00 bits per heavy atom. The molecule has 1 aromatic rings. The van der Waals surface area contributed by atoms with Gasteiger partial charge in [0.2, 0.25) is 11.8 Å². The number of nitrogens with zero attached hydrogens (tertiary/aromatic N) is 1. The van der Waals surface area contributed by atoms with Crippen molar-refractivity contribution in [2.45, 2.75) is 20.3 Å². The van der Waals surface area contributed by atoms with Crippen LogP contribution in [0.3, 0.4) is 0 Å². The number of imide groups is 1. The number of amides is 2. The van der Waals surface area contributed by atoms with Crippen LogP contribution in [0, 0.1) is 5.41 Å². The van der Waals surface area contributed by atoms with Crippen molar-refractivity contribution in [3.63, 3.8) is 0 Å². The van der Waals surface area contributed by atoms with Gasteiger partial charge in [0.25, 0.3) is 0 Å². The minimum Gasteiger partial charge on any atom is -0.274 e. The van der Waals surface area contributed by atoms with Crippen molar-refractivity contribution < 1.29 is 9.59 Å². The highest BCUT2D eigenvalue weighted by Gasteiger charge is 2.45. The molecule has 0 radical (unpaired) electrons. The monoisotopic (exact) mass is 315 g/mol. The Kier molecular flexibility index (Phi) is 3.04. The summed E-state index contributed by atoms with van der Waals surface area (Å²) in [5.41, 5.74) is -0.0779. The summed E-state index contributed by atoms with van der Waals surface area (Å²) in [6, 6.07) is 5.00. The fourth-order valence-electron chi connectivity index (χ4n) is 1.86. The van der Waals surface area contributed by atoms with E-state index in [9.17, 15) is 9.59 Å². The molecule has 0 saturated carbocycles. The Hall–Kier alpha value is -0.870. The molecule has 0 atom stereocenters. The van der Waals surface area contributed by atoms with Gasteiger partial charge >= 0.3 is 0 Å². The largest absolute Gasteiger partial charge is 0.274 e. The molecule has 2 rings (SSSR count). The van der Waals surface area contributed by atoms with E-state index in [-0.39, 0.29) is 18.2 Å². The molecule has 1 fully saturated rings. The molecule has 0 aromatic heterocycles. The van der Waals surface area contributed by atoms with Crippen LogP contribution in [0.5, 0.6) is 0 Å². The second-order valence-electron chi connectivity index (χ2n) is 4.69. The van der Waals surface area contributed by atoms with Crippen LogP contribution >= 0.6 is 27.5 Å². The van der Waals surface area contributed by atoms with Crippen molar-refractivity contribution in [3.05, 3.63) is 27.7 Å². The van der Waals surface area contributed by atoms with Crippen LogP contribution in [-0.4, -0.2) is 11.8 Å². The van der Waals surface area contributed by atoms with Crippen molar-refractivity contribution in [2.75, 3.05) is 4.90 Å². The van der Waals surface area contributed by atoms with Crippen molar-refractivity contribution in [1.82, 2.24) is 0 Å². The van der Waals surface area contributed by atoms with E-state index in [0.29, 0.717) is 15.2 Å². The molecule has 1 aliphatic heterocycles. The fraction of sp³-hybridized carbons (Fsp3) is 0.333. The maximum Gasteiger partial charge on any atom is 0.239 e. The van der Waals surface area contributed by atoms with E-state index >= 15 is 0 Å². The van der Waals surface area contributed by atoms with Gasteiger partial charge in [0.15, 0.2) is 0 Å². The highest BCUT2D eigenvalue weighted by Crippen LogP contribution is 2.38. The van der Waals surface area contributed by atoms with Gasteiger partial charge in [-0.05, 0) is 34.1 Å². The summed E-state index contributed by atoms with van der Waals surface area (Å²) in [5, 5.41) is 0.555. The lowest BCUT2D eigenvalue weighted by Gasteiger charge is -2.19. The molecule has 17 heavy (non-hydrogen) atoms. The summed E-state index contributed by atoms with van der Waals surface area (Å²) in [4.78, 5) is 25.2. The van der Waals surface area contributed by atoms with Gasteiger partial charge in [-0.25, -0.2) is 4.90 Å². The molecule has 1 saturated heterocycles. The molecule has 0 aliphatic carbocycles. The zero-order valence-corrected chi connectivity index (χ0v) is 11.8. The van der Waals surface area contributed by atoms with Crippen molar-refractivity contribution in [1.29, 1.82) is 0 Å². The summed E-state index contributed by atoms with van der Waals surface area (Å²) < 4.78 is 0.643. The van der Waals surface area contributed by atoms with Gasteiger partial charge in [-0.2, -0.15) is 0 Å². The van der Waals surface area contributed by atoms with Crippen LogP contribution in [0.2, 0.25) is 5.02 Å². The van der Waals surface area contributed by atoms with Crippen molar-refractivity contribution in [2.24, 2.45) is 5.41 Å². The van der Waals surface area contributed by atoms with Crippen LogP contribution in [0.4, 0.5) is 5.69 Å². The molecule has 2 amide bonds. The predicted molar refractivity (Wildman–Crippen MR) is 70.0 cm³/mol. The van der Waals surface area contributed by atoms with E-state index in [1.165, 1.54) is 4.90 Å². The fourth-order valence-corrected chi connectivity index (χ4v) is 2.72. The molecule has 0 N–H and O–H groups in total. The molecule has 0 spiro atoms. The maximum absolute atomic E-state index is 12.1. The second kappa shape index (κ2) is 4.10. The van der Waals surface area contributed by atoms with Gasteiger partial charge in [-0.3, -0.25) is 9.59 Å². The van der Waals surface area contributed by atoms with Crippen LogP contribution in [-0.2, 0) is 9.59 Å². The van der Waals surface area contributed by atoms with Gasteiger partial charge in [-0.1, -0.05) is 25.4 Å². The Morgan fingerprint density at radius 3 is 2.47 bits per heavy atom. The number of carbonyl (C=O) groups is 2. The number of hydrogen-bond acceptors (Lipinski definition) is 2. The number of anilines is 1. The topological polar surface area (TPSA) is 37.4 Å². The maximum atomic E-state index is 12.1. The average Bonchev–Trinajstić information content (AvgIpc) is 2.39. The molecular weight excluding hydrogens is 305 g/mol. The first-order valence-corrected chi connectivity index (χ1v) is 6.32. The van der Waals surface area contributed by atoms with E-state index in [0.717, 1.165) is 0 Å². The van der Waals surface area contributed by atoms with Gasteiger partial charge in [0.05, 0.1) is 11.1 Å². The SMILES string of the molecule is CC1(C)CC(=O)N(c2ccc(Cl)cc2Br)C1=O. The van der Waals surface area contributed by atoms with Gasteiger partial charge in [0.1, 0.15) is 0 Å². The number of hydrogen-bond donors (Lipinski definition) is 0. The minimum absolute atomic E-state index is 0.175. The smallest absolute Gasteiger partial charge is 0.239 e. The second-order valence-corrected chi connectivity index (χ2v) is 5.98. The molecule has 0 unspecified atom stereocenters. The lowest BCUT2D eigenvalue weighted by molar-refractivity contribution is -0.124. The van der Waals surface area contributed by atoms with E-state index in [2.05, 4.69) is 15.9 Å². The zero-order chi connectivity index (χ0) is 12.8. The van der Waals surface area contributed by atoms with Gasteiger partial charge in [0, 0.05) is 15.9 Å². The summed E-state index contributed by atoms with van der Waals surface area (Å²) >= 11 is 9.15. The third kappa shape index (κ3) is 2.11. The molecule has 3 nitrogen and oxygen atoms in total. The molecule has 5 heteroatoms. The van der Waals surface area contributed by atoms with E-state index < -0.39 is 5.41 Å². The Labute approximate surface area is 113 Å².